The van der Waals surface area contributed by atoms with Gasteiger partial charge in [0.05, 0.1) is 18.5 Å². The number of benzene rings is 1. The molecule has 0 aliphatic carbocycles. The molecule has 0 radical (unpaired) electrons. The van der Waals surface area contributed by atoms with E-state index in [1.807, 2.05) is 48.3 Å². The lowest BCUT2D eigenvalue weighted by atomic mass is 10.2. The van der Waals surface area contributed by atoms with Crippen molar-refractivity contribution >= 4 is 0 Å². The van der Waals surface area contributed by atoms with Gasteiger partial charge in [-0.3, -0.25) is 0 Å². The zero-order valence-corrected chi connectivity index (χ0v) is 9.97. The summed E-state index contributed by atoms with van der Waals surface area (Å²) in [6.45, 7) is 3.30. The first-order chi connectivity index (χ1) is 8.33. The molecule has 1 aromatic heterocycles. The van der Waals surface area contributed by atoms with E-state index in [9.17, 15) is 0 Å². The first-order valence-corrected chi connectivity index (χ1v) is 5.80. The minimum Gasteiger partial charge on any atom is -0.494 e. The van der Waals surface area contributed by atoms with Gasteiger partial charge in [-0.2, -0.15) is 5.10 Å². The molecule has 0 atom stereocenters. The van der Waals surface area contributed by atoms with Gasteiger partial charge < -0.3 is 10.5 Å². The SMILES string of the molecule is CCOc1ccc(-n2cc(CCN)cn2)cc1. The molecule has 2 N–H and O–H groups in total. The molecule has 0 saturated carbocycles. The fraction of sp³-hybridized carbons (Fsp3) is 0.308. The van der Waals surface area contributed by atoms with Crippen LogP contribution in [0.1, 0.15) is 12.5 Å². The largest absolute Gasteiger partial charge is 0.494 e. The smallest absolute Gasteiger partial charge is 0.119 e. The molecule has 0 amide bonds. The van der Waals surface area contributed by atoms with Gasteiger partial charge in [-0.15, -0.1) is 0 Å². The van der Waals surface area contributed by atoms with E-state index in [0.717, 1.165) is 23.4 Å². The Morgan fingerprint density at radius 3 is 2.71 bits per heavy atom. The molecule has 1 aromatic carbocycles. The highest BCUT2D eigenvalue weighted by atomic mass is 16.5. The summed E-state index contributed by atoms with van der Waals surface area (Å²) in [4.78, 5) is 0. The lowest BCUT2D eigenvalue weighted by Crippen LogP contribution is -2.01. The van der Waals surface area contributed by atoms with Crippen LogP contribution >= 0.6 is 0 Å². The minimum absolute atomic E-state index is 0.648. The predicted molar refractivity (Wildman–Crippen MR) is 67.5 cm³/mol. The van der Waals surface area contributed by atoms with Gasteiger partial charge in [-0.05, 0) is 49.7 Å². The Morgan fingerprint density at radius 1 is 1.29 bits per heavy atom. The molecular weight excluding hydrogens is 214 g/mol. The van der Waals surface area contributed by atoms with E-state index in [1.165, 1.54) is 0 Å². The zero-order valence-electron chi connectivity index (χ0n) is 9.97. The van der Waals surface area contributed by atoms with Crippen LogP contribution in [0.25, 0.3) is 5.69 Å². The van der Waals surface area contributed by atoms with Gasteiger partial charge in [-0.25, -0.2) is 4.68 Å². The molecule has 0 saturated heterocycles. The highest BCUT2D eigenvalue weighted by Gasteiger charge is 2.00. The quantitative estimate of drug-likeness (QED) is 0.853. The Morgan fingerprint density at radius 2 is 2.06 bits per heavy atom. The lowest BCUT2D eigenvalue weighted by Gasteiger charge is -2.04. The third kappa shape index (κ3) is 2.85. The summed E-state index contributed by atoms with van der Waals surface area (Å²) in [5.74, 6) is 0.880. The summed E-state index contributed by atoms with van der Waals surface area (Å²) in [5.41, 5.74) is 7.69. The maximum atomic E-state index is 5.51. The number of rotatable bonds is 5. The first-order valence-electron chi connectivity index (χ1n) is 5.80. The second-order valence-corrected chi connectivity index (χ2v) is 3.76. The molecule has 0 fully saturated rings. The molecule has 0 aliphatic rings. The fourth-order valence-corrected chi connectivity index (χ4v) is 1.66. The van der Waals surface area contributed by atoms with E-state index in [0.29, 0.717) is 13.2 Å². The molecule has 2 rings (SSSR count). The van der Waals surface area contributed by atoms with Crippen LogP contribution < -0.4 is 10.5 Å². The maximum absolute atomic E-state index is 5.51. The van der Waals surface area contributed by atoms with Crippen molar-refractivity contribution in [2.24, 2.45) is 5.73 Å². The van der Waals surface area contributed by atoms with Gasteiger partial charge in [0.25, 0.3) is 0 Å². The number of aromatic nitrogens is 2. The molecule has 17 heavy (non-hydrogen) atoms. The van der Waals surface area contributed by atoms with Crippen LogP contribution in [-0.4, -0.2) is 22.9 Å². The van der Waals surface area contributed by atoms with Crippen LogP contribution in [0, 0.1) is 0 Å². The number of nitrogens with zero attached hydrogens (tertiary/aromatic N) is 2. The van der Waals surface area contributed by atoms with E-state index in [2.05, 4.69) is 5.10 Å². The molecule has 0 bridgehead atoms. The third-order valence-corrected chi connectivity index (χ3v) is 2.48. The normalized spacial score (nSPS) is 10.5. The highest BCUT2D eigenvalue weighted by molar-refractivity contribution is 5.37. The molecule has 4 heteroatoms. The van der Waals surface area contributed by atoms with Crippen molar-refractivity contribution in [1.82, 2.24) is 9.78 Å². The topological polar surface area (TPSA) is 53.1 Å². The average molecular weight is 231 g/mol. The van der Waals surface area contributed by atoms with Gasteiger partial charge in [0.2, 0.25) is 0 Å². The van der Waals surface area contributed by atoms with E-state index >= 15 is 0 Å². The van der Waals surface area contributed by atoms with Crippen molar-refractivity contribution in [2.45, 2.75) is 13.3 Å². The summed E-state index contributed by atoms with van der Waals surface area (Å²) in [6.07, 6.45) is 4.71. The Hall–Kier alpha value is -1.81. The second kappa shape index (κ2) is 5.50. The van der Waals surface area contributed by atoms with Crippen LogP contribution in [0.4, 0.5) is 0 Å². The Bertz CT molecular complexity index is 462. The predicted octanol–water partition coefficient (Wildman–Crippen LogP) is 1.77. The first kappa shape index (κ1) is 11.7. The number of hydrogen-bond acceptors (Lipinski definition) is 3. The van der Waals surface area contributed by atoms with Crippen molar-refractivity contribution in [3.63, 3.8) is 0 Å². The number of ether oxygens (including phenoxy) is 1. The molecule has 0 unspecified atom stereocenters. The van der Waals surface area contributed by atoms with Gasteiger partial charge >= 0.3 is 0 Å². The van der Waals surface area contributed by atoms with Crippen molar-refractivity contribution < 1.29 is 4.74 Å². The molecule has 2 aromatic rings. The number of hydrogen-bond donors (Lipinski definition) is 1. The Balaban J connectivity index is 2.15. The average Bonchev–Trinajstić information content (AvgIpc) is 2.80. The summed E-state index contributed by atoms with van der Waals surface area (Å²) in [5, 5.41) is 4.30. The van der Waals surface area contributed by atoms with Crippen molar-refractivity contribution in [1.29, 1.82) is 0 Å². The van der Waals surface area contributed by atoms with E-state index in [4.69, 9.17) is 10.5 Å². The molecule has 4 nitrogen and oxygen atoms in total. The van der Waals surface area contributed by atoms with Crippen LogP contribution in [-0.2, 0) is 6.42 Å². The van der Waals surface area contributed by atoms with Gasteiger partial charge in [0.15, 0.2) is 0 Å². The lowest BCUT2D eigenvalue weighted by molar-refractivity contribution is 0.340. The number of nitrogens with two attached hydrogens (primary N) is 1. The van der Waals surface area contributed by atoms with Gasteiger partial charge in [0.1, 0.15) is 5.75 Å². The highest BCUT2D eigenvalue weighted by Crippen LogP contribution is 2.15. The van der Waals surface area contributed by atoms with Crippen LogP contribution in [0.2, 0.25) is 0 Å². The molecule has 1 heterocycles. The van der Waals surface area contributed by atoms with Crippen molar-refractivity contribution in [3.05, 3.63) is 42.2 Å². The molecule has 0 aliphatic heterocycles. The molecular formula is C13H17N3O. The molecule has 0 spiro atoms. The zero-order chi connectivity index (χ0) is 12.1. The standard InChI is InChI=1S/C13H17N3O/c1-2-17-13-5-3-12(4-6-13)16-10-11(7-8-14)9-15-16/h3-6,9-10H,2,7-8,14H2,1H3. The van der Waals surface area contributed by atoms with E-state index < -0.39 is 0 Å². The van der Waals surface area contributed by atoms with E-state index in [1.54, 1.807) is 0 Å². The Kier molecular flexibility index (Phi) is 3.77. The van der Waals surface area contributed by atoms with Crippen LogP contribution in [0.5, 0.6) is 5.75 Å². The second-order valence-electron chi connectivity index (χ2n) is 3.76. The van der Waals surface area contributed by atoms with E-state index in [-0.39, 0.29) is 0 Å². The van der Waals surface area contributed by atoms with Crippen LogP contribution in [0.3, 0.4) is 0 Å². The summed E-state index contributed by atoms with van der Waals surface area (Å²) >= 11 is 0. The van der Waals surface area contributed by atoms with Crippen molar-refractivity contribution in [3.8, 4) is 11.4 Å². The molecule has 90 valence electrons. The monoisotopic (exact) mass is 231 g/mol. The fourth-order valence-electron chi connectivity index (χ4n) is 1.66. The third-order valence-electron chi connectivity index (χ3n) is 2.48. The minimum atomic E-state index is 0.648. The summed E-state index contributed by atoms with van der Waals surface area (Å²) in [6, 6.07) is 7.88. The summed E-state index contributed by atoms with van der Waals surface area (Å²) < 4.78 is 7.24. The van der Waals surface area contributed by atoms with Gasteiger partial charge in [0, 0.05) is 6.20 Å². The van der Waals surface area contributed by atoms with Gasteiger partial charge in [-0.1, -0.05) is 0 Å². The van der Waals surface area contributed by atoms with Crippen molar-refractivity contribution in [2.75, 3.05) is 13.2 Å². The maximum Gasteiger partial charge on any atom is 0.119 e. The summed E-state index contributed by atoms with van der Waals surface area (Å²) in [7, 11) is 0. The Labute approximate surface area is 101 Å². The van der Waals surface area contributed by atoms with Crippen LogP contribution in [0.15, 0.2) is 36.7 Å².